The second-order valence-corrected chi connectivity index (χ2v) is 13.5. The zero-order chi connectivity index (χ0) is 35.4. The highest BCUT2D eigenvalue weighted by atomic mass is 16.5. The lowest BCUT2D eigenvalue weighted by atomic mass is 9.68. The largest absolute Gasteiger partial charge is 0.496 e. The molecule has 2 aliphatic rings. The molecule has 7 aromatic rings. The van der Waals surface area contributed by atoms with Crippen molar-refractivity contribution in [1.82, 2.24) is 15.0 Å². The van der Waals surface area contributed by atoms with Crippen molar-refractivity contribution in [1.29, 1.82) is 0 Å². The zero-order valence-electron chi connectivity index (χ0n) is 29.7. The second kappa shape index (κ2) is 12.4. The number of ether oxygens (including phenoxy) is 1. The highest BCUT2D eigenvalue weighted by molar-refractivity contribution is 5.98. The van der Waals surface area contributed by atoms with Gasteiger partial charge in [0.05, 0.1) is 12.5 Å². The summed E-state index contributed by atoms with van der Waals surface area (Å²) in [6.45, 7) is 6.62. The molecule has 4 nitrogen and oxygen atoms in total. The van der Waals surface area contributed by atoms with Crippen LogP contribution >= 0.6 is 0 Å². The van der Waals surface area contributed by atoms with Crippen molar-refractivity contribution in [3.8, 4) is 62.2 Å². The van der Waals surface area contributed by atoms with Crippen LogP contribution in [0.25, 0.3) is 62.0 Å². The molecule has 0 aliphatic heterocycles. The highest BCUT2D eigenvalue weighted by Gasteiger charge is 2.52. The van der Waals surface area contributed by atoms with Crippen molar-refractivity contribution in [3.63, 3.8) is 0 Å². The Bertz CT molecular complexity index is 2530. The standard InChI is InChI=1S/C48H37N3O/c1-5-15-37-31(3)48(41-23-13-12-22-38(37)41)42-29-35(24-25-39(42)40-26-27-43(52-4)30(2)44(40)48)34-20-14-21-36(28-34)47-50-45(32-16-8-6-9-17-32)49-46(51-47)33-18-10-7-11-19-33/h5-29H,1-4H3/b15-5-. The van der Waals surface area contributed by atoms with Gasteiger partial charge >= 0.3 is 0 Å². The molecule has 1 atom stereocenters. The third kappa shape index (κ3) is 4.71. The van der Waals surface area contributed by atoms with Crippen LogP contribution in [-0.4, -0.2) is 22.1 Å². The highest BCUT2D eigenvalue weighted by Crippen LogP contribution is 2.63. The Morgan fingerprint density at radius 3 is 1.77 bits per heavy atom. The van der Waals surface area contributed by atoms with Crippen molar-refractivity contribution in [3.05, 3.63) is 185 Å². The maximum absolute atomic E-state index is 5.94. The SMILES string of the molecule is C/C=C\C1=C(C)C2(c3ccccc31)c1cc(-c3cccc(-c4nc(-c5ccccc5)nc(-c5ccccc5)n4)c3)ccc1-c1ccc(OC)c(C)c12. The molecule has 1 spiro atoms. The molecular weight excluding hydrogens is 635 g/mol. The van der Waals surface area contributed by atoms with Gasteiger partial charge in [0.15, 0.2) is 17.5 Å². The number of hydrogen-bond acceptors (Lipinski definition) is 4. The summed E-state index contributed by atoms with van der Waals surface area (Å²) >= 11 is 0. The minimum Gasteiger partial charge on any atom is -0.496 e. The van der Waals surface area contributed by atoms with Crippen LogP contribution in [0.4, 0.5) is 0 Å². The number of methoxy groups -OCH3 is 1. The van der Waals surface area contributed by atoms with Gasteiger partial charge in [0.1, 0.15) is 5.75 Å². The molecular formula is C48H37N3O. The summed E-state index contributed by atoms with van der Waals surface area (Å²) in [5, 5.41) is 0. The van der Waals surface area contributed by atoms with Gasteiger partial charge < -0.3 is 4.74 Å². The summed E-state index contributed by atoms with van der Waals surface area (Å²) in [5.74, 6) is 2.85. The first-order chi connectivity index (χ1) is 25.5. The van der Waals surface area contributed by atoms with Gasteiger partial charge in [-0.15, -0.1) is 0 Å². The third-order valence-corrected chi connectivity index (χ3v) is 10.8. The van der Waals surface area contributed by atoms with E-state index in [0.29, 0.717) is 17.5 Å². The van der Waals surface area contributed by atoms with Gasteiger partial charge in [0.2, 0.25) is 0 Å². The smallest absolute Gasteiger partial charge is 0.164 e. The topological polar surface area (TPSA) is 47.9 Å². The number of allylic oxidation sites excluding steroid dienone is 4. The molecule has 0 fully saturated rings. The van der Waals surface area contributed by atoms with E-state index < -0.39 is 5.41 Å². The van der Waals surface area contributed by atoms with Crippen LogP contribution in [0.3, 0.4) is 0 Å². The molecule has 0 bridgehead atoms. The average Bonchev–Trinajstić information content (AvgIpc) is 3.64. The number of hydrogen-bond donors (Lipinski definition) is 0. The van der Waals surface area contributed by atoms with E-state index in [4.69, 9.17) is 19.7 Å². The van der Waals surface area contributed by atoms with E-state index in [1.165, 1.54) is 50.1 Å². The molecule has 1 aromatic heterocycles. The molecule has 0 amide bonds. The molecule has 250 valence electrons. The van der Waals surface area contributed by atoms with Crippen LogP contribution in [0.5, 0.6) is 5.75 Å². The van der Waals surface area contributed by atoms with E-state index >= 15 is 0 Å². The summed E-state index contributed by atoms with van der Waals surface area (Å²) in [7, 11) is 1.77. The quantitative estimate of drug-likeness (QED) is 0.177. The Balaban J connectivity index is 1.24. The normalized spacial score (nSPS) is 15.6. The Morgan fingerprint density at radius 2 is 1.10 bits per heavy atom. The first kappa shape index (κ1) is 31.6. The first-order valence-electron chi connectivity index (χ1n) is 17.8. The first-order valence-corrected chi connectivity index (χ1v) is 17.8. The lowest BCUT2D eigenvalue weighted by Gasteiger charge is -2.33. The Hall–Kier alpha value is -6.39. The fourth-order valence-corrected chi connectivity index (χ4v) is 8.50. The predicted molar refractivity (Wildman–Crippen MR) is 212 cm³/mol. The number of nitrogens with zero attached hydrogens (tertiary/aromatic N) is 3. The fraction of sp³-hybridized carbons (Fsp3) is 0.104. The third-order valence-electron chi connectivity index (χ3n) is 10.8. The van der Waals surface area contributed by atoms with Crippen molar-refractivity contribution in [2.75, 3.05) is 7.11 Å². The van der Waals surface area contributed by atoms with Crippen molar-refractivity contribution >= 4 is 5.57 Å². The van der Waals surface area contributed by atoms with Gasteiger partial charge in [-0.25, -0.2) is 15.0 Å². The second-order valence-electron chi connectivity index (χ2n) is 13.5. The lowest BCUT2D eigenvalue weighted by molar-refractivity contribution is 0.410. The lowest BCUT2D eigenvalue weighted by Crippen LogP contribution is -2.27. The number of benzene rings is 6. The Morgan fingerprint density at radius 1 is 0.519 bits per heavy atom. The molecule has 0 saturated heterocycles. The van der Waals surface area contributed by atoms with E-state index in [1.807, 2.05) is 60.7 Å². The summed E-state index contributed by atoms with van der Waals surface area (Å²) in [6, 6.07) is 49.1. The molecule has 1 unspecified atom stereocenters. The molecule has 6 aromatic carbocycles. The van der Waals surface area contributed by atoms with Crippen molar-refractivity contribution in [2.45, 2.75) is 26.2 Å². The van der Waals surface area contributed by atoms with Gasteiger partial charge in [-0.3, -0.25) is 0 Å². The van der Waals surface area contributed by atoms with Crippen LogP contribution in [0, 0.1) is 6.92 Å². The molecule has 1 heterocycles. The molecule has 0 saturated carbocycles. The van der Waals surface area contributed by atoms with E-state index in [2.05, 4.69) is 112 Å². The van der Waals surface area contributed by atoms with Gasteiger partial charge in [0.25, 0.3) is 0 Å². The zero-order valence-corrected chi connectivity index (χ0v) is 29.7. The van der Waals surface area contributed by atoms with Crippen molar-refractivity contribution < 1.29 is 4.74 Å². The summed E-state index contributed by atoms with van der Waals surface area (Å²) < 4.78 is 5.94. The molecule has 2 aliphatic carbocycles. The van der Waals surface area contributed by atoms with Crippen LogP contribution in [0.2, 0.25) is 0 Å². The molecule has 4 heteroatoms. The maximum Gasteiger partial charge on any atom is 0.164 e. The molecule has 52 heavy (non-hydrogen) atoms. The summed E-state index contributed by atoms with van der Waals surface area (Å²) in [4.78, 5) is 14.9. The van der Waals surface area contributed by atoms with Crippen LogP contribution in [0.15, 0.2) is 157 Å². The minimum absolute atomic E-state index is 0.453. The Labute approximate surface area is 304 Å². The van der Waals surface area contributed by atoms with Crippen LogP contribution in [0.1, 0.15) is 41.7 Å². The van der Waals surface area contributed by atoms with Gasteiger partial charge in [-0.2, -0.15) is 0 Å². The average molecular weight is 672 g/mol. The van der Waals surface area contributed by atoms with Gasteiger partial charge in [-0.05, 0) is 100 Å². The van der Waals surface area contributed by atoms with E-state index in [9.17, 15) is 0 Å². The number of rotatable bonds is 6. The molecule has 9 rings (SSSR count). The van der Waals surface area contributed by atoms with E-state index in [1.54, 1.807) is 7.11 Å². The summed E-state index contributed by atoms with van der Waals surface area (Å²) in [5.41, 5.74) is 16.1. The van der Waals surface area contributed by atoms with Gasteiger partial charge in [0, 0.05) is 16.7 Å². The van der Waals surface area contributed by atoms with Gasteiger partial charge in [-0.1, -0.05) is 133 Å². The minimum atomic E-state index is -0.453. The van der Waals surface area contributed by atoms with E-state index in [0.717, 1.165) is 33.6 Å². The maximum atomic E-state index is 5.94. The Kier molecular flexibility index (Phi) is 7.55. The van der Waals surface area contributed by atoms with E-state index in [-0.39, 0.29) is 0 Å². The number of fused-ring (bicyclic) bond motifs is 7. The number of aromatic nitrogens is 3. The van der Waals surface area contributed by atoms with Crippen LogP contribution in [-0.2, 0) is 5.41 Å². The van der Waals surface area contributed by atoms with Crippen LogP contribution < -0.4 is 4.74 Å². The summed E-state index contributed by atoms with van der Waals surface area (Å²) in [6.07, 6.45) is 4.42. The monoisotopic (exact) mass is 671 g/mol. The molecule has 0 radical (unpaired) electrons. The fourth-order valence-electron chi connectivity index (χ4n) is 8.50. The predicted octanol–water partition coefficient (Wildman–Crippen LogP) is 11.5. The molecule has 0 N–H and O–H groups in total. The van der Waals surface area contributed by atoms with Crippen molar-refractivity contribution in [2.24, 2.45) is 0 Å².